The number of carbonyl (C=O) groups is 1. The van der Waals surface area contributed by atoms with Crippen LogP contribution >= 0.6 is 0 Å². The molecule has 0 bridgehead atoms. The molecule has 1 aromatic rings. The van der Waals surface area contributed by atoms with Crippen molar-refractivity contribution >= 4 is 5.97 Å². The number of fused-ring (bicyclic) bond motifs is 1. The van der Waals surface area contributed by atoms with Gasteiger partial charge >= 0.3 is 5.97 Å². The molecule has 1 aromatic carbocycles. The van der Waals surface area contributed by atoms with Gasteiger partial charge in [0.1, 0.15) is 11.8 Å². The minimum atomic E-state index is -0.792. The zero-order chi connectivity index (χ0) is 11.5. The van der Waals surface area contributed by atoms with Crippen molar-refractivity contribution in [2.24, 2.45) is 0 Å². The molecule has 0 aromatic heterocycles. The van der Waals surface area contributed by atoms with Crippen LogP contribution in [0, 0.1) is 0 Å². The minimum absolute atomic E-state index is 0.467. The van der Waals surface area contributed by atoms with E-state index in [0.29, 0.717) is 19.6 Å². The summed E-state index contributed by atoms with van der Waals surface area (Å²) in [7, 11) is 0. The third kappa shape index (κ3) is 2.17. The first kappa shape index (κ1) is 11.0. The molecule has 4 heteroatoms. The largest absolute Gasteiger partial charge is 0.494 e. The summed E-state index contributed by atoms with van der Waals surface area (Å²) in [4.78, 5) is 10.8. The van der Waals surface area contributed by atoms with Crippen LogP contribution in [0.3, 0.4) is 0 Å². The Hall–Kier alpha value is -1.55. The summed E-state index contributed by atoms with van der Waals surface area (Å²) in [5.74, 6) is 0.0522. The molecule has 1 aliphatic rings. The van der Waals surface area contributed by atoms with Crippen LogP contribution in [0.15, 0.2) is 18.2 Å². The fourth-order valence-corrected chi connectivity index (χ4v) is 1.92. The number of nitrogens with one attached hydrogen (secondary N) is 1. The lowest BCUT2D eigenvalue weighted by atomic mass is 9.96. The number of hydrogen-bond donors (Lipinski definition) is 2. The Morgan fingerprint density at radius 3 is 3.06 bits per heavy atom. The van der Waals surface area contributed by atoms with Gasteiger partial charge in [-0.3, -0.25) is 4.79 Å². The minimum Gasteiger partial charge on any atom is -0.494 e. The summed E-state index contributed by atoms with van der Waals surface area (Å²) in [5.41, 5.74) is 2.22. The predicted octanol–water partition coefficient (Wildman–Crippen LogP) is 1.18. The third-order valence-corrected chi connectivity index (χ3v) is 2.75. The topological polar surface area (TPSA) is 58.6 Å². The number of aliphatic carboxylic acids is 1. The molecule has 0 radical (unpaired) electrons. The first-order chi connectivity index (χ1) is 7.70. The van der Waals surface area contributed by atoms with E-state index >= 15 is 0 Å². The maximum atomic E-state index is 10.8. The summed E-state index contributed by atoms with van der Waals surface area (Å²) in [6, 6.07) is 5.36. The van der Waals surface area contributed by atoms with E-state index in [0.717, 1.165) is 16.9 Å². The SMILES string of the molecule is CCOc1ccc2c(c1)CNC(C(=O)O)C2. The van der Waals surface area contributed by atoms with Gasteiger partial charge in [0.2, 0.25) is 0 Å². The average Bonchev–Trinajstić information content (AvgIpc) is 2.28. The lowest BCUT2D eigenvalue weighted by Crippen LogP contribution is -2.41. The van der Waals surface area contributed by atoms with E-state index in [1.807, 2.05) is 25.1 Å². The Morgan fingerprint density at radius 2 is 2.38 bits per heavy atom. The van der Waals surface area contributed by atoms with Crippen LogP contribution in [0.4, 0.5) is 0 Å². The Kier molecular flexibility index (Phi) is 3.10. The average molecular weight is 221 g/mol. The lowest BCUT2D eigenvalue weighted by Gasteiger charge is -2.23. The molecule has 4 nitrogen and oxygen atoms in total. The molecule has 0 amide bonds. The molecule has 0 aliphatic carbocycles. The van der Waals surface area contributed by atoms with E-state index in [1.54, 1.807) is 0 Å². The fourth-order valence-electron chi connectivity index (χ4n) is 1.92. The molecule has 2 N–H and O–H groups in total. The van der Waals surface area contributed by atoms with Crippen LogP contribution in [0.1, 0.15) is 18.1 Å². The van der Waals surface area contributed by atoms with Gasteiger partial charge in [-0.15, -0.1) is 0 Å². The number of carboxylic acids is 1. The van der Waals surface area contributed by atoms with Crippen molar-refractivity contribution in [1.82, 2.24) is 5.32 Å². The highest BCUT2D eigenvalue weighted by molar-refractivity contribution is 5.74. The van der Waals surface area contributed by atoms with Crippen LogP contribution in [-0.2, 0) is 17.8 Å². The zero-order valence-corrected chi connectivity index (χ0v) is 9.19. The summed E-state index contributed by atoms with van der Waals surface area (Å²) >= 11 is 0. The molecule has 2 rings (SSSR count). The monoisotopic (exact) mass is 221 g/mol. The molecule has 16 heavy (non-hydrogen) atoms. The first-order valence-electron chi connectivity index (χ1n) is 5.41. The van der Waals surface area contributed by atoms with Crippen LogP contribution in [0.5, 0.6) is 5.75 Å². The van der Waals surface area contributed by atoms with Crippen LogP contribution in [0.2, 0.25) is 0 Å². The van der Waals surface area contributed by atoms with Gasteiger partial charge in [0, 0.05) is 6.54 Å². The molecule has 0 spiro atoms. The summed E-state index contributed by atoms with van der Waals surface area (Å²) < 4.78 is 5.40. The van der Waals surface area contributed by atoms with Gasteiger partial charge in [0.25, 0.3) is 0 Å². The first-order valence-corrected chi connectivity index (χ1v) is 5.41. The van der Waals surface area contributed by atoms with Crippen molar-refractivity contribution in [3.8, 4) is 5.75 Å². The highest BCUT2D eigenvalue weighted by Gasteiger charge is 2.23. The Morgan fingerprint density at radius 1 is 1.56 bits per heavy atom. The molecule has 1 aliphatic heterocycles. The van der Waals surface area contributed by atoms with Gasteiger partial charge in [-0.05, 0) is 36.6 Å². The van der Waals surface area contributed by atoms with Crippen molar-refractivity contribution in [2.75, 3.05) is 6.61 Å². The number of rotatable bonds is 3. The second kappa shape index (κ2) is 4.53. The summed E-state index contributed by atoms with van der Waals surface area (Å²) in [6.45, 7) is 3.18. The van der Waals surface area contributed by atoms with E-state index in [9.17, 15) is 4.79 Å². The molecule has 1 atom stereocenters. The van der Waals surface area contributed by atoms with Crippen LogP contribution in [0.25, 0.3) is 0 Å². The van der Waals surface area contributed by atoms with Crippen LogP contribution in [-0.4, -0.2) is 23.7 Å². The number of hydrogen-bond acceptors (Lipinski definition) is 3. The summed E-state index contributed by atoms with van der Waals surface area (Å²) in [5, 5.41) is 11.9. The normalized spacial score (nSPS) is 18.9. The van der Waals surface area contributed by atoms with Crippen LogP contribution < -0.4 is 10.1 Å². The highest BCUT2D eigenvalue weighted by atomic mass is 16.5. The molecule has 1 heterocycles. The van der Waals surface area contributed by atoms with Gasteiger partial charge in [0.05, 0.1) is 6.61 Å². The number of benzene rings is 1. The molecule has 86 valence electrons. The number of ether oxygens (including phenoxy) is 1. The molecule has 0 saturated carbocycles. The molecule has 0 fully saturated rings. The maximum Gasteiger partial charge on any atom is 0.321 e. The second-order valence-electron chi connectivity index (χ2n) is 3.84. The van der Waals surface area contributed by atoms with E-state index in [-0.39, 0.29) is 0 Å². The quantitative estimate of drug-likeness (QED) is 0.804. The lowest BCUT2D eigenvalue weighted by molar-refractivity contribution is -0.139. The molecule has 0 saturated heterocycles. The van der Waals surface area contributed by atoms with Crippen molar-refractivity contribution in [1.29, 1.82) is 0 Å². The van der Waals surface area contributed by atoms with Gasteiger partial charge < -0.3 is 15.2 Å². The number of carboxylic acid groups (broad SMARTS) is 1. The second-order valence-corrected chi connectivity index (χ2v) is 3.84. The highest BCUT2D eigenvalue weighted by Crippen LogP contribution is 2.22. The zero-order valence-electron chi connectivity index (χ0n) is 9.19. The Balaban J connectivity index is 2.18. The fraction of sp³-hybridized carbons (Fsp3) is 0.417. The molecule has 1 unspecified atom stereocenters. The Bertz CT molecular complexity index is 403. The van der Waals surface area contributed by atoms with Gasteiger partial charge in [0.15, 0.2) is 0 Å². The van der Waals surface area contributed by atoms with Crippen molar-refractivity contribution in [3.05, 3.63) is 29.3 Å². The van der Waals surface area contributed by atoms with Gasteiger partial charge in [-0.2, -0.15) is 0 Å². The van der Waals surface area contributed by atoms with E-state index in [4.69, 9.17) is 9.84 Å². The molecular formula is C12H15NO3. The van der Waals surface area contributed by atoms with Crippen molar-refractivity contribution < 1.29 is 14.6 Å². The van der Waals surface area contributed by atoms with E-state index in [2.05, 4.69) is 5.32 Å². The van der Waals surface area contributed by atoms with Crippen molar-refractivity contribution in [2.45, 2.75) is 25.9 Å². The standard InChI is InChI=1S/C12H15NO3/c1-2-16-10-4-3-8-6-11(12(14)15)13-7-9(8)5-10/h3-5,11,13H,2,6-7H2,1H3,(H,14,15). The van der Waals surface area contributed by atoms with Gasteiger partial charge in [-0.1, -0.05) is 6.07 Å². The molecular weight excluding hydrogens is 206 g/mol. The maximum absolute atomic E-state index is 10.8. The van der Waals surface area contributed by atoms with Gasteiger partial charge in [-0.25, -0.2) is 0 Å². The van der Waals surface area contributed by atoms with E-state index < -0.39 is 12.0 Å². The summed E-state index contributed by atoms with van der Waals surface area (Å²) in [6.07, 6.45) is 0.539. The van der Waals surface area contributed by atoms with Crippen molar-refractivity contribution in [3.63, 3.8) is 0 Å². The smallest absolute Gasteiger partial charge is 0.321 e. The third-order valence-electron chi connectivity index (χ3n) is 2.75. The Labute approximate surface area is 94.2 Å². The predicted molar refractivity (Wildman–Crippen MR) is 59.6 cm³/mol. The van der Waals surface area contributed by atoms with E-state index in [1.165, 1.54) is 0 Å².